The summed E-state index contributed by atoms with van der Waals surface area (Å²) < 4.78 is 139. The van der Waals surface area contributed by atoms with Crippen LogP contribution in [0.1, 0.15) is 109 Å². The number of hydrogen-bond acceptors (Lipinski definition) is 22. The summed E-state index contributed by atoms with van der Waals surface area (Å²) >= 11 is 14.1. The number of esters is 1. The number of anilines is 2. The lowest BCUT2D eigenvalue weighted by Gasteiger charge is -2.15. The summed E-state index contributed by atoms with van der Waals surface area (Å²) in [5.74, 6) is -2.97. The van der Waals surface area contributed by atoms with Crippen LogP contribution in [0.3, 0.4) is 0 Å². The van der Waals surface area contributed by atoms with Gasteiger partial charge < -0.3 is 94.3 Å². The van der Waals surface area contributed by atoms with E-state index in [0.29, 0.717) is 108 Å². The maximum Gasteiger partial charge on any atom is 0.310 e. The lowest BCUT2D eigenvalue weighted by molar-refractivity contribution is -0.142. The lowest BCUT2D eigenvalue weighted by Crippen LogP contribution is -2.23. The zero-order valence-electron chi connectivity index (χ0n) is 78.8. The summed E-state index contributed by atoms with van der Waals surface area (Å²) in [6.45, 7) is 20.5. The Morgan fingerprint density at radius 2 is 0.806 bits per heavy atom. The lowest BCUT2D eigenvalue weighted by atomic mass is 10.1. The quantitative estimate of drug-likeness (QED) is 0.00632. The van der Waals surface area contributed by atoms with Gasteiger partial charge >= 0.3 is 29.8 Å². The highest BCUT2D eigenvalue weighted by molar-refractivity contribution is 7.18. The second kappa shape index (κ2) is 53.2. The highest BCUT2D eigenvalue weighted by Gasteiger charge is 2.28. The molecule has 14 rings (SSSR count). The zero-order chi connectivity index (χ0) is 103. The minimum atomic E-state index is -1.22. The molecule has 7 aromatic carbocycles. The molecular formula is C96H106Cl3F7N8O22S2Si. The number of nitrogens with zero attached hydrogens (tertiary/aromatic N) is 2. The number of hydrogen-bond donors (Lipinski definition) is 11. The van der Waals surface area contributed by atoms with Gasteiger partial charge in [-0.3, -0.25) is 53.3 Å². The van der Waals surface area contributed by atoms with Crippen molar-refractivity contribution in [3.8, 4) is 40.2 Å². The monoisotopic (exact) mass is 2050 g/mol. The normalized spacial score (nSPS) is 10.5. The minimum absolute atomic E-state index is 0. The van der Waals surface area contributed by atoms with Crippen molar-refractivity contribution in [2.75, 3.05) is 67.5 Å². The molecule has 139 heavy (non-hydrogen) atoms. The molecule has 14 aromatic rings. The number of Topliss-reactive ketones (excluding diaryl/α,β-unsaturated/α-hetero) is 1. The number of aliphatic carboxylic acids is 5. The number of halogens is 10. The molecule has 0 saturated heterocycles. The Morgan fingerprint density at radius 1 is 0.439 bits per heavy atom. The number of aromatic amines is 3. The van der Waals surface area contributed by atoms with Crippen LogP contribution in [0, 0.1) is 75.3 Å². The van der Waals surface area contributed by atoms with Crippen LogP contribution < -0.4 is 50.2 Å². The van der Waals surface area contributed by atoms with Crippen molar-refractivity contribution in [1.82, 2.24) is 24.1 Å². The van der Waals surface area contributed by atoms with Gasteiger partial charge in [0.1, 0.15) is 5.78 Å². The SMILES string of the molecule is CC(=O)CCC(=O)O.CC(=O)O.CCc1c(C)n(C(=O)c2ccc(Cl)s2)c2cc(F)c(OC)cc12.COc1cc2c(CC(=O)O)c(C)[nH]c2cc1F.COc1cc2c(CC(=O)O)c(C)n(C(=O)c3ccc(Cl)s3)c2cc1F.COc1cc2c(CC(=O)OCC[Si](C)(C)C)c(C)[nH]c2cc1F.COc1ccc(N)cc1F.COc1ccc(NN)cc1F.COc1ccc2[nH]c(C)c(CC(=O)O)c2c1F.Cl. The average molecular weight is 2060 g/mol. The third-order valence-corrected chi connectivity index (χ3v) is 24.5. The summed E-state index contributed by atoms with van der Waals surface area (Å²) in [5, 5.41) is 45.3. The number of nitrogens with one attached hydrogen (secondary N) is 4. The molecule has 30 nitrogen and oxygen atoms in total. The summed E-state index contributed by atoms with van der Waals surface area (Å²) in [6.07, 6.45) is 0.415. The van der Waals surface area contributed by atoms with E-state index in [1.165, 1.54) is 139 Å². The van der Waals surface area contributed by atoms with Crippen LogP contribution in [0.25, 0.3) is 54.5 Å². The molecule has 0 aliphatic heterocycles. The van der Waals surface area contributed by atoms with E-state index in [1.54, 1.807) is 79.9 Å². The van der Waals surface area contributed by atoms with E-state index in [4.69, 9.17) is 93.2 Å². The van der Waals surface area contributed by atoms with Crippen LogP contribution in [-0.2, 0) is 70.4 Å². The number of carbonyl (C=O) groups excluding carboxylic acids is 4. The molecule has 7 aromatic heterocycles. The van der Waals surface area contributed by atoms with Gasteiger partial charge in [-0.05, 0) is 167 Å². The Hall–Kier alpha value is -13.8. The molecule has 13 N–H and O–H groups in total. The minimum Gasteiger partial charge on any atom is -0.494 e. The van der Waals surface area contributed by atoms with E-state index in [1.807, 2.05) is 20.8 Å². The zero-order valence-corrected chi connectivity index (χ0v) is 83.7. The highest BCUT2D eigenvalue weighted by Crippen LogP contribution is 2.39. The molecule has 7 heterocycles. The fourth-order valence-corrected chi connectivity index (χ4v) is 16.4. The van der Waals surface area contributed by atoms with Crippen molar-refractivity contribution in [2.24, 2.45) is 5.84 Å². The first-order valence-electron chi connectivity index (χ1n) is 41.4. The van der Waals surface area contributed by atoms with E-state index < -0.39 is 78.6 Å². The molecular weight excluding hydrogens is 1950 g/mol. The summed E-state index contributed by atoms with van der Waals surface area (Å²) in [5.41, 5.74) is 18.1. The molecule has 0 fully saturated rings. The van der Waals surface area contributed by atoms with Gasteiger partial charge in [0.2, 0.25) is 0 Å². The van der Waals surface area contributed by atoms with E-state index in [-0.39, 0.29) is 115 Å². The number of fused-ring (bicyclic) bond motifs is 5. The molecule has 0 aliphatic carbocycles. The van der Waals surface area contributed by atoms with Crippen LogP contribution in [0.15, 0.2) is 121 Å². The van der Waals surface area contributed by atoms with Crippen LogP contribution in [-0.4, -0.2) is 167 Å². The van der Waals surface area contributed by atoms with Crippen LogP contribution in [0.5, 0.6) is 40.2 Å². The topological polar surface area (TPSA) is 450 Å². The Balaban J connectivity index is 0.000000284. The molecule has 0 saturated carbocycles. The summed E-state index contributed by atoms with van der Waals surface area (Å²) in [4.78, 5) is 109. The number of benzene rings is 7. The van der Waals surface area contributed by atoms with Crippen molar-refractivity contribution >= 4 is 186 Å². The first-order valence-corrected chi connectivity index (χ1v) is 47.5. The smallest absolute Gasteiger partial charge is 0.310 e. The van der Waals surface area contributed by atoms with E-state index in [2.05, 4.69) is 44.8 Å². The Labute approximate surface area is 818 Å². The number of nitrogen functional groups attached to an aromatic ring is 2. The molecule has 0 amide bonds. The number of carbonyl (C=O) groups is 9. The number of aryl methyl sites for hydroxylation is 4. The van der Waals surface area contributed by atoms with Gasteiger partial charge in [-0.25, -0.2) is 30.7 Å². The number of hydrazine groups is 1. The first kappa shape index (κ1) is 116. The molecule has 748 valence electrons. The highest BCUT2D eigenvalue weighted by atomic mass is 35.5. The number of ketones is 1. The van der Waals surface area contributed by atoms with Crippen molar-refractivity contribution in [1.29, 1.82) is 0 Å². The number of carboxylic acids is 5. The largest absolute Gasteiger partial charge is 0.494 e. The van der Waals surface area contributed by atoms with Gasteiger partial charge in [-0.15, -0.1) is 35.1 Å². The molecule has 0 atom stereocenters. The maximum absolute atomic E-state index is 14.2. The first-order chi connectivity index (χ1) is 64.9. The van der Waals surface area contributed by atoms with Crippen molar-refractivity contribution in [3.63, 3.8) is 0 Å². The molecule has 43 heteroatoms. The van der Waals surface area contributed by atoms with Crippen molar-refractivity contribution in [2.45, 2.75) is 126 Å². The van der Waals surface area contributed by atoms with Gasteiger partial charge in [0.05, 0.1) is 124 Å². The molecule has 0 radical (unpaired) electrons. The maximum atomic E-state index is 14.2. The van der Waals surface area contributed by atoms with Crippen LogP contribution in [0.4, 0.5) is 42.1 Å². The van der Waals surface area contributed by atoms with E-state index in [9.17, 15) is 74.2 Å². The predicted molar refractivity (Wildman–Crippen MR) is 526 cm³/mol. The number of nitrogens with two attached hydrogens (primary N) is 2. The summed E-state index contributed by atoms with van der Waals surface area (Å²) in [6, 6.07) is 30.8. The van der Waals surface area contributed by atoms with Crippen LogP contribution >= 0.6 is 58.3 Å². The van der Waals surface area contributed by atoms with Gasteiger partial charge in [0, 0.05) is 135 Å². The molecule has 0 aliphatic rings. The van der Waals surface area contributed by atoms with Gasteiger partial charge in [-0.1, -0.05) is 49.8 Å². The Bertz CT molecular complexity index is 6750. The van der Waals surface area contributed by atoms with Gasteiger partial charge in [0.15, 0.2) is 81.0 Å². The number of ether oxygens (including phenoxy) is 8. The van der Waals surface area contributed by atoms with Gasteiger partial charge in [-0.2, -0.15) is 0 Å². The van der Waals surface area contributed by atoms with Crippen molar-refractivity contribution < 1.29 is 137 Å². The Morgan fingerprint density at radius 3 is 1.18 bits per heavy atom. The Kier molecular flexibility index (Phi) is 44.3. The van der Waals surface area contributed by atoms with Crippen LogP contribution in [0.2, 0.25) is 34.4 Å². The van der Waals surface area contributed by atoms with E-state index >= 15 is 0 Å². The standard InChI is InChI=1S/C17H13ClFNO4S.C17H15ClFNO2S.C17H24FNO3Si.2C12H12FNO3.C7H9FN2O.C7H8FNO.C5H8O3.C2H4O2.ClH/c1-8-9(6-16(21)22)10-5-13(24-2)11(19)7-12(10)20(8)17(23)14-3-4-15(18)25-14;1-4-10-9(2)20(17(21)15-5-6-16(18)23-15)13-8-12(19)14(22-3)7-11(10)13;1-11-12(9-17(20)22-6-7-23(3,4)5)13-8-16(21-2)14(18)10-15(13)19-11;1-6-7(4-12(15)16)8-3-11(17-2)9(13)5-10(8)14-6;1-6-7(5-10(15)16)11-8(14-6)3-4-9(17-2)12(11)13;1-11-7-3-2-5(10-9)4-6(7)8;1-10-7-3-2-5(9)4-6(7)8;1-4(6)2-3-5(7)8;1-2(3)4;/h3-5,7H,6H2,1-2H3,(H,21,22);5-8H,4H2,1-3H3;8,10,19H,6-7,9H2,1-5H3;3,5,14H,4H2,1-2H3,(H,15,16);3-4,14H,5H2,1-2H3,(H,15,16);2-4,10H,9H2,1H3;2-4H,9H2,1H3;2-3H2,1H3,(H,7,8);1H3,(H,3,4);1H. The number of rotatable bonds is 25. The fourth-order valence-electron chi connectivity index (χ4n) is 13.7. The third-order valence-electron chi connectivity index (χ3n) is 20.3. The fraction of sp³-hybridized carbons (Fsp3) is 0.281. The molecule has 0 unspecified atom stereocenters. The number of carboxylic acid groups (broad SMARTS) is 5. The third kappa shape index (κ3) is 31.9. The van der Waals surface area contributed by atoms with Crippen molar-refractivity contribution in [3.05, 3.63) is 237 Å². The number of H-pyrrole nitrogens is 3. The molecule has 0 spiro atoms. The second-order valence-electron chi connectivity index (χ2n) is 31.2. The summed E-state index contributed by atoms with van der Waals surface area (Å²) in [7, 11) is 8.53. The number of aromatic nitrogens is 5. The van der Waals surface area contributed by atoms with Gasteiger partial charge in [0.25, 0.3) is 17.8 Å². The molecule has 0 bridgehead atoms. The van der Waals surface area contributed by atoms with E-state index in [0.717, 1.165) is 69.7 Å². The predicted octanol–water partition coefficient (Wildman–Crippen LogP) is 21.2. The second-order valence-corrected chi connectivity index (χ2v) is 40.2. The number of methoxy groups -OCH3 is 7. The average Bonchev–Trinajstić information content (AvgIpc) is 1.60. The number of thiophene rings is 2.